The lowest BCUT2D eigenvalue weighted by atomic mass is 10.2. The van der Waals surface area contributed by atoms with Crippen molar-refractivity contribution in [1.29, 1.82) is 0 Å². The third-order valence-electron chi connectivity index (χ3n) is 2.35. The summed E-state index contributed by atoms with van der Waals surface area (Å²) < 4.78 is 0.701. The fourth-order valence-corrected chi connectivity index (χ4v) is 1.84. The zero-order valence-electron chi connectivity index (χ0n) is 9.95. The molecule has 0 saturated carbocycles. The zero-order chi connectivity index (χ0) is 13.8. The van der Waals surface area contributed by atoms with E-state index in [9.17, 15) is 4.79 Å². The van der Waals surface area contributed by atoms with Crippen LogP contribution in [0.3, 0.4) is 0 Å². The Morgan fingerprint density at radius 2 is 2.00 bits per heavy atom. The summed E-state index contributed by atoms with van der Waals surface area (Å²) in [6.45, 7) is 0. The Kier molecular flexibility index (Phi) is 4.34. The Bertz CT molecular complexity index is 603. The highest BCUT2D eigenvalue weighted by Gasteiger charge is 2.06. The van der Waals surface area contributed by atoms with Crippen molar-refractivity contribution in [1.82, 2.24) is 15.3 Å². The lowest BCUT2D eigenvalue weighted by Crippen LogP contribution is -2.17. The van der Waals surface area contributed by atoms with Gasteiger partial charge in [-0.3, -0.25) is 4.79 Å². The van der Waals surface area contributed by atoms with Crippen molar-refractivity contribution in [3.05, 3.63) is 45.8 Å². The topological polar surface area (TPSA) is 66.9 Å². The third kappa shape index (κ3) is 3.42. The number of aromatic nitrogens is 2. The fraction of sp³-hybridized carbons (Fsp3) is 0.0833. The standard InChI is InChI=1S/C12H10BrClN4O/c1-15-11(19)7-2-4-8(5-3-7)17-10-9(13)6-16-12(14)18-10/h2-6H,1H3,(H,15,19)(H,16,17,18). The summed E-state index contributed by atoms with van der Waals surface area (Å²) in [5.41, 5.74) is 1.39. The molecule has 0 spiro atoms. The maximum Gasteiger partial charge on any atom is 0.251 e. The van der Waals surface area contributed by atoms with Crippen LogP contribution < -0.4 is 10.6 Å². The quantitative estimate of drug-likeness (QED) is 0.842. The number of anilines is 2. The van der Waals surface area contributed by atoms with E-state index in [1.165, 1.54) is 0 Å². The molecule has 98 valence electrons. The van der Waals surface area contributed by atoms with Gasteiger partial charge in [0.05, 0.1) is 4.47 Å². The van der Waals surface area contributed by atoms with Crippen LogP contribution in [-0.2, 0) is 0 Å². The van der Waals surface area contributed by atoms with Gasteiger partial charge in [-0.1, -0.05) is 0 Å². The van der Waals surface area contributed by atoms with Crippen LogP contribution in [0.15, 0.2) is 34.9 Å². The molecule has 1 aromatic heterocycles. The molecule has 1 aromatic carbocycles. The van der Waals surface area contributed by atoms with E-state index in [0.717, 1.165) is 5.69 Å². The van der Waals surface area contributed by atoms with Crippen LogP contribution >= 0.6 is 27.5 Å². The summed E-state index contributed by atoms with van der Waals surface area (Å²) in [5.74, 6) is 0.436. The summed E-state index contributed by atoms with van der Waals surface area (Å²) in [4.78, 5) is 19.3. The van der Waals surface area contributed by atoms with E-state index in [-0.39, 0.29) is 11.2 Å². The van der Waals surface area contributed by atoms with Crippen LogP contribution in [0.1, 0.15) is 10.4 Å². The molecule has 0 radical (unpaired) electrons. The molecule has 1 heterocycles. The average Bonchev–Trinajstić information content (AvgIpc) is 2.43. The van der Waals surface area contributed by atoms with Crippen molar-refractivity contribution in [3.63, 3.8) is 0 Å². The molecule has 0 aliphatic rings. The van der Waals surface area contributed by atoms with E-state index in [1.807, 2.05) is 0 Å². The maximum absolute atomic E-state index is 11.4. The summed E-state index contributed by atoms with van der Waals surface area (Å²) in [6, 6.07) is 7.01. The molecule has 0 unspecified atom stereocenters. The first-order valence-electron chi connectivity index (χ1n) is 5.37. The molecule has 0 aliphatic heterocycles. The molecular weight excluding hydrogens is 332 g/mol. The molecule has 2 N–H and O–H groups in total. The molecule has 7 heteroatoms. The number of carbonyl (C=O) groups excluding carboxylic acids is 1. The van der Waals surface area contributed by atoms with Crippen molar-refractivity contribution < 1.29 is 4.79 Å². The molecule has 0 aliphatic carbocycles. The summed E-state index contributed by atoms with van der Waals surface area (Å²) >= 11 is 9.06. The second-order valence-electron chi connectivity index (χ2n) is 3.62. The van der Waals surface area contributed by atoms with Crippen LogP contribution in [0.5, 0.6) is 0 Å². The van der Waals surface area contributed by atoms with Crippen molar-refractivity contribution in [2.75, 3.05) is 12.4 Å². The number of benzene rings is 1. The molecule has 0 atom stereocenters. The fourth-order valence-electron chi connectivity index (χ4n) is 1.42. The van der Waals surface area contributed by atoms with Crippen LogP contribution in [0.25, 0.3) is 0 Å². The summed E-state index contributed by atoms with van der Waals surface area (Å²) in [7, 11) is 1.59. The Labute approximate surface area is 123 Å². The first kappa shape index (κ1) is 13.8. The molecule has 0 saturated heterocycles. The Balaban J connectivity index is 2.19. The van der Waals surface area contributed by atoms with Gasteiger partial charge >= 0.3 is 0 Å². The van der Waals surface area contributed by atoms with Gasteiger partial charge in [0.2, 0.25) is 5.28 Å². The van der Waals surface area contributed by atoms with Gasteiger partial charge in [-0.25, -0.2) is 4.98 Å². The van der Waals surface area contributed by atoms with Crippen molar-refractivity contribution in [3.8, 4) is 0 Å². The number of rotatable bonds is 3. The Hall–Kier alpha value is -1.66. The lowest BCUT2D eigenvalue weighted by Gasteiger charge is -2.08. The Morgan fingerprint density at radius 1 is 1.32 bits per heavy atom. The third-order valence-corrected chi connectivity index (χ3v) is 3.11. The van der Waals surface area contributed by atoms with Gasteiger partial charge in [0.1, 0.15) is 5.82 Å². The van der Waals surface area contributed by atoms with Crippen molar-refractivity contribution in [2.24, 2.45) is 0 Å². The van der Waals surface area contributed by atoms with Crippen molar-refractivity contribution in [2.45, 2.75) is 0 Å². The summed E-state index contributed by atoms with van der Waals surface area (Å²) in [5, 5.41) is 5.81. The normalized spacial score (nSPS) is 10.1. The number of hydrogen-bond donors (Lipinski definition) is 2. The Morgan fingerprint density at radius 3 is 2.63 bits per heavy atom. The highest BCUT2D eigenvalue weighted by molar-refractivity contribution is 9.10. The first-order valence-corrected chi connectivity index (χ1v) is 6.54. The minimum absolute atomic E-state index is 0.127. The molecule has 2 aromatic rings. The monoisotopic (exact) mass is 340 g/mol. The number of amides is 1. The summed E-state index contributed by atoms with van der Waals surface area (Å²) in [6.07, 6.45) is 1.57. The number of nitrogens with zero attached hydrogens (tertiary/aromatic N) is 2. The van der Waals surface area contributed by atoms with Crippen LogP contribution in [0.4, 0.5) is 11.5 Å². The number of hydrogen-bond acceptors (Lipinski definition) is 4. The number of carbonyl (C=O) groups is 1. The predicted molar refractivity (Wildman–Crippen MR) is 77.9 cm³/mol. The zero-order valence-corrected chi connectivity index (χ0v) is 12.3. The first-order chi connectivity index (χ1) is 9.10. The number of nitrogens with one attached hydrogen (secondary N) is 2. The lowest BCUT2D eigenvalue weighted by molar-refractivity contribution is 0.0963. The van der Waals surface area contributed by atoms with E-state index in [0.29, 0.717) is 15.9 Å². The molecule has 0 fully saturated rings. The molecule has 0 bridgehead atoms. The average molecular weight is 342 g/mol. The smallest absolute Gasteiger partial charge is 0.251 e. The maximum atomic E-state index is 11.4. The molecule has 1 amide bonds. The second kappa shape index (κ2) is 5.99. The van der Waals surface area contributed by atoms with Gasteiger partial charge in [-0.2, -0.15) is 4.98 Å². The van der Waals surface area contributed by atoms with Gasteiger partial charge < -0.3 is 10.6 Å². The van der Waals surface area contributed by atoms with Gasteiger partial charge in [-0.05, 0) is 51.8 Å². The van der Waals surface area contributed by atoms with Crippen LogP contribution in [0, 0.1) is 0 Å². The van der Waals surface area contributed by atoms with E-state index in [4.69, 9.17) is 11.6 Å². The molecule has 19 heavy (non-hydrogen) atoms. The van der Waals surface area contributed by atoms with E-state index >= 15 is 0 Å². The minimum Gasteiger partial charge on any atom is -0.355 e. The second-order valence-corrected chi connectivity index (χ2v) is 4.81. The van der Waals surface area contributed by atoms with Gasteiger partial charge in [-0.15, -0.1) is 0 Å². The van der Waals surface area contributed by atoms with Crippen molar-refractivity contribution >= 4 is 44.9 Å². The molecular formula is C12H10BrClN4O. The van der Waals surface area contributed by atoms with Crippen LogP contribution in [-0.4, -0.2) is 22.9 Å². The molecule has 2 rings (SSSR count). The predicted octanol–water partition coefficient (Wildman–Crippen LogP) is 3.00. The van der Waals surface area contributed by atoms with Gasteiger partial charge in [0.15, 0.2) is 0 Å². The van der Waals surface area contributed by atoms with E-state index in [1.54, 1.807) is 37.5 Å². The highest BCUT2D eigenvalue weighted by Crippen LogP contribution is 2.24. The minimum atomic E-state index is -0.127. The van der Waals surface area contributed by atoms with E-state index < -0.39 is 0 Å². The highest BCUT2D eigenvalue weighted by atomic mass is 79.9. The molecule has 5 nitrogen and oxygen atoms in total. The van der Waals surface area contributed by atoms with Crippen LogP contribution in [0.2, 0.25) is 5.28 Å². The number of halogens is 2. The SMILES string of the molecule is CNC(=O)c1ccc(Nc2nc(Cl)ncc2Br)cc1. The van der Waals surface area contributed by atoms with Gasteiger partial charge in [0, 0.05) is 24.5 Å². The van der Waals surface area contributed by atoms with Gasteiger partial charge in [0.25, 0.3) is 5.91 Å². The van der Waals surface area contributed by atoms with E-state index in [2.05, 4.69) is 36.5 Å². The largest absolute Gasteiger partial charge is 0.355 e.